The maximum absolute atomic E-state index is 6.36. The van der Waals surface area contributed by atoms with Crippen LogP contribution in [0.25, 0.3) is 0 Å². The third-order valence-corrected chi connectivity index (χ3v) is 6.60. The third kappa shape index (κ3) is 1.96. The average Bonchev–Trinajstić information content (AvgIpc) is 3.13. The number of hydrogen-bond acceptors (Lipinski definition) is 4. The molecule has 0 bridgehead atoms. The molecule has 4 rings (SSSR count). The zero-order valence-corrected chi connectivity index (χ0v) is 12.8. The number of hydrogen-bond donors (Lipinski definition) is 1. The molecule has 0 amide bonds. The summed E-state index contributed by atoms with van der Waals surface area (Å²) in [4.78, 5) is 8.30. The molecule has 0 spiro atoms. The molecular formula is C16H30N4. The molecule has 0 aromatic heterocycles. The minimum Gasteiger partial charge on any atom is -0.329 e. The summed E-state index contributed by atoms with van der Waals surface area (Å²) in [5.41, 5.74) is 6.66. The van der Waals surface area contributed by atoms with E-state index in [0.717, 1.165) is 18.6 Å². The summed E-state index contributed by atoms with van der Waals surface area (Å²) >= 11 is 0. The van der Waals surface area contributed by atoms with Crippen molar-refractivity contribution in [1.29, 1.82) is 0 Å². The zero-order chi connectivity index (χ0) is 13.6. The number of nitrogens with zero attached hydrogens (tertiary/aromatic N) is 3. The quantitative estimate of drug-likeness (QED) is 0.807. The minimum absolute atomic E-state index is 0.301. The Morgan fingerprint density at radius 3 is 2.60 bits per heavy atom. The van der Waals surface area contributed by atoms with Gasteiger partial charge in [-0.1, -0.05) is 0 Å². The van der Waals surface area contributed by atoms with Crippen molar-refractivity contribution < 1.29 is 0 Å². The van der Waals surface area contributed by atoms with Gasteiger partial charge in [-0.05, 0) is 58.2 Å². The minimum atomic E-state index is 0.301. The SMILES string of the molecule is NCC1(N2CCCN3CCCC3C2)CCN2CCCC21. The molecule has 4 saturated heterocycles. The summed E-state index contributed by atoms with van der Waals surface area (Å²) in [5, 5.41) is 0. The molecule has 0 aromatic rings. The van der Waals surface area contributed by atoms with E-state index in [1.54, 1.807) is 0 Å². The van der Waals surface area contributed by atoms with Gasteiger partial charge in [0.1, 0.15) is 0 Å². The topological polar surface area (TPSA) is 35.7 Å². The molecule has 0 radical (unpaired) electrons. The van der Waals surface area contributed by atoms with Crippen molar-refractivity contribution in [2.75, 3.05) is 45.8 Å². The molecule has 2 N–H and O–H groups in total. The van der Waals surface area contributed by atoms with E-state index in [1.165, 1.54) is 77.8 Å². The maximum atomic E-state index is 6.36. The van der Waals surface area contributed by atoms with Gasteiger partial charge in [0.2, 0.25) is 0 Å². The Labute approximate surface area is 123 Å². The van der Waals surface area contributed by atoms with E-state index in [0.29, 0.717) is 5.54 Å². The van der Waals surface area contributed by atoms with Crippen LogP contribution >= 0.6 is 0 Å². The Morgan fingerprint density at radius 1 is 0.900 bits per heavy atom. The molecule has 4 heterocycles. The number of nitrogens with two attached hydrogens (primary N) is 1. The van der Waals surface area contributed by atoms with E-state index in [4.69, 9.17) is 5.73 Å². The summed E-state index contributed by atoms with van der Waals surface area (Å²) in [5.74, 6) is 0. The van der Waals surface area contributed by atoms with Crippen LogP contribution in [-0.2, 0) is 0 Å². The van der Waals surface area contributed by atoms with E-state index >= 15 is 0 Å². The van der Waals surface area contributed by atoms with Crippen molar-refractivity contribution in [2.24, 2.45) is 5.73 Å². The van der Waals surface area contributed by atoms with Gasteiger partial charge in [0.25, 0.3) is 0 Å². The molecule has 4 nitrogen and oxygen atoms in total. The van der Waals surface area contributed by atoms with Crippen LogP contribution in [0.1, 0.15) is 38.5 Å². The van der Waals surface area contributed by atoms with E-state index in [-0.39, 0.29) is 0 Å². The van der Waals surface area contributed by atoms with Gasteiger partial charge in [-0.2, -0.15) is 0 Å². The van der Waals surface area contributed by atoms with Crippen molar-refractivity contribution in [2.45, 2.75) is 56.1 Å². The molecule has 4 aliphatic heterocycles. The van der Waals surface area contributed by atoms with Crippen LogP contribution in [0.15, 0.2) is 0 Å². The smallest absolute Gasteiger partial charge is 0.0499 e. The Kier molecular flexibility index (Phi) is 3.53. The van der Waals surface area contributed by atoms with Gasteiger partial charge in [0.05, 0.1) is 0 Å². The van der Waals surface area contributed by atoms with E-state index in [2.05, 4.69) is 14.7 Å². The molecule has 0 aliphatic carbocycles. The van der Waals surface area contributed by atoms with Crippen LogP contribution in [0, 0.1) is 0 Å². The molecule has 0 saturated carbocycles. The molecule has 4 aliphatic rings. The van der Waals surface area contributed by atoms with Crippen molar-refractivity contribution in [3.05, 3.63) is 0 Å². The van der Waals surface area contributed by atoms with E-state index in [1.807, 2.05) is 0 Å². The second kappa shape index (κ2) is 5.24. The zero-order valence-electron chi connectivity index (χ0n) is 12.8. The summed E-state index contributed by atoms with van der Waals surface area (Å²) < 4.78 is 0. The lowest BCUT2D eigenvalue weighted by atomic mass is 9.86. The van der Waals surface area contributed by atoms with Crippen LogP contribution < -0.4 is 5.73 Å². The maximum Gasteiger partial charge on any atom is 0.0499 e. The van der Waals surface area contributed by atoms with Gasteiger partial charge in [-0.3, -0.25) is 14.7 Å². The molecule has 114 valence electrons. The predicted octanol–water partition coefficient (Wildman–Crippen LogP) is 0.722. The standard InChI is InChI=1S/C16H30N4/c17-13-16(6-11-19-8-2-5-15(16)19)20-10-3-9-18-7-1-4-14(18)12-20/h14-15H,1-13,17H2. The first kappa shape index (κ1) is 13.5. The van der Waals surface area contributed by atoms with Crippen LogP contribution in [0.2, 0.25) is 0 Å². The lowest BCUT2D eigenvalue weighted by molar-refractivity contribution is 0.0585. The molecule has 4 fully saturated rings. The number of fused-ring (bicyclic) bond motifs is 2. The van der Waals surface area contributed by atoms with Crippen molar-refractivity contribution >= 4 is 0 Å². The molecular weight excluding hydrogens is 248 g/mol. The highest BCUT2D eigenvalue weighted by atomic mass is 15.4. The molecule has 3 unspecified atom stereocenters. The second-order valence-corrected chi connectivity index (χ2v) is 7.38. The van der Waals surface area contributed by atoms with Gasteiger partial charge in [0.15, 0.2) is 0 Å². The first-order chi connectivity index (χ1) is 9.83. The van der Waals surface area contributed by atoms with E-state index in [9.17, 15) is 0 Å². The van der Waals surface area contributed by atoms with Crippen molar-refractivity contribution in [3.63, 3.8) is 0 Å². The largest absolute Gasteiger partial charge is 0.329 e. The third-order valence-electron chi connectivity index (χ3n) is 6.60. The fourth-order valence-corrected chi connectivity index (χ4v) is 5.55. The Bertz CT molecular complexity index is 360. The Morgan fingerprint density at radius 2 is 1.70 bits per heavy atom. The molecule has 0 aromatic carbocycles. The second-order valence-electron chi connectivity index (χ2n) is 7.38. The van der Waals surface area contributed by atoms with Crippen LogP contribution in [-0.4, -0.2) is 78.1 Å². The van der Waals surface area contributed by atoms with Crippen molar-refractivity contribution in [3.8, 4) is 0 Å². The number of rotatable bonds is 2. The Balaban J connectivity index is 1.57. The predicted molar refractivity (Wildman–Crippen MR) is 81.8 cm³/mol. The van der Waals surface area contributed by atoms with Crippen LogP contribution in [0.5, 0.6) is 0 Å². The molecule has 4 heteroatoms. The van der Waals surface area contributed by atoms with Crippen molar-refractivity contribution in [1.82, 2.24) is 14.7 Å². The Hall–Kier alpha value is -0.160. The first-order valence-electron chi connectivity index (χ1n) is 8.77. The summed E-state index contributed by atoms with van der Waals surface area (Å²) in [6.45, 7) is 8.67. The monoisotopic (exact) mass is 278 g/mol. The normalized spacial score (nSPS) is 43.6. The van der Waals surface area contributed by atoms with Crippen LogP contribution in [0.4, 0.5) is 0 Å². The van der Waals surface area contributed by atoms with Crippen LogP contribution in [0.3, 0.4) is 0 Å². The highest BCUT2D eigenvalue weighted by Gasteiger charge is 2.52. The highest BCUT2D eigenvalue weighted by molar-refractivity contribution is 5.10. The molecule has 3 atom stereocenters. The lowest BCUT2D eigenvalue weighted by Crippen LogP contribution is -2.61. The summed E-state index contributed by atoms with van der Waals surface area (Å²) in [6.07, 6.45) is 8.22. The summed E-state index contributed by atoms with van der Waals surface area (Å²) in [7, 11) is 0. The van der Waals surface area contributed by atoms with Gasteiger partial charge >= 0.3 is 0 Å². The van der Waals surface area contributed by atoms with Gasteiger partial charge in [-0.15, -0.1) is 0 Å². The van der Waals surface area contributed by atoms with Gasteiger partial charge < -0.3 is 5.73 Å². The fraction of sp³-hybridized carbons (Fsp3) is 1.00. The summed E-state index contributed by atoms with van der Waals surface area (Å²) in [6, 6.07) is 1.57. The lowest BCUT2D eigenvalue weighted by Gasteiger charge is -2.45. The van der Waals surface area contributed by atoms with E-state index < -0.39 is 0 Å². The van der Waals surface area contributed by atoms with Gasteiger partial charge in [-0.25, -0.2) is 0 Å². The van der Waals surface area contributed by atoms with Gasteiger partial charge in [0, 0.05) is 43.8 Å². The first-order valence-corrected chi connectivity index (χ1v) is 8.77. The molecule has 20 heavy (non-hydrogen) atoms. The fourth-order valence-electron chi connectivity index (χ4n) is 5.55. The average molecular weight is 278 g/mol. The highest BCUT2D eigenvalue weighted by Crippen LogP contribution is 2.41.